The smallest absolute Gasteiger partial charge is 0.262 e. The topological polar surface area (TPSA) is 71.3 Å². The van der Waals surface area contributed by atoms with E-state index in [-0.39, 0.29) is 5.57 Å². The fourth-order valence-corrected chi connectivity index (χ4v) is 2.67. The Bertz CT molecular complexity index is 824. The summed E-state index contributed by atoms with van der Waals surface area (Å²) in [5.41, 5.74) is 1.67. The van der Waals surface area contributed by atoms with Crippen molar-refractivity contribution in [2.24, 2.45) is 0 Å². The third-order valence-corrected chi connectivity index (χ3v) is 4.08. The SMILES string of the molecule is COc1ccc(CNC(=O)/C(C#N)=C\c2ccc(OC)c(Br)c2)cc1. The van der Waals surface area contributed by atoms with Crippen LogP contribution in [-0.2, 0) is 11.3 Å². The second-order valence-corrected chi connectivity index (χ2v) is 5.95. The fraction of sp³-hybridized carbons (Fsp3) is 0.158. The van der Waals surface area contributed by atoms with Crippen molar-refractivity contribution in [3.05, 3.63) is 63.6 Å². The molecule has 0 saturated heterocycles. The number of hydrogen-bond donors (Lipinski definition) is 1. The van der Waals surface area contributed by atoms with Gasteiger partial charge in [-0.05, 0) is 57.4 Å². The van der Waals surface area contributed by atoms with Crippen LogP contribution in [0.5, 0.6) is 11.5 Å². The number of nitriles is 1. The predicted molar refractivity (Wildman–Crippen MR) is 99.1 cm³/mol. The molecule has 0 fully saturated rings. The minimum Gasteiger partial charge on any atom is -0.497 e. The van der Waals surface area contributed by atoms with E-state index in [1.54, 1.807) is 32.4 Å². The summed E-state index contributed by atoms with van der Waals surface area (Å²) < 4.78 is 11.0. The molecule has 5 nitrogen and oxygen atoms in total. The number of methoxy groups -OCH3 is 2. The van der Waals surface area contributed by atoms with E-state index >= 15 is 0 Å². The minimum absolute atomic E-state index is 0.0329. The fourth-order valence-electron chi connectivity index (χ4n) is 2.11. The van der Waals surface area contributed by atoms with E-state index in [4.69, 9.17) is 9.47 Å². The Balaban J connectivity index is 2.07. The van der Waals surface area contributed by atoms with E-state index in [9.17, 15) is 10.1 Å². The molecule has 0 aliphatic rings. The van der Waals surface area contributed by atoms with Crippen LogP contribution in [0.3, 0.4) is 0 Å². The Morgan fingerprint density at radius 1 is 1.20 bits per heavy atom. The number of carbonyl (C=O) groups excluding carboxylic acids is 1. The minimum atomic E-state index is -0.426. The van der Waals surface area contributed by atoms with Gasteiger partial charge in [-0.1, -0.05) is 18.2 Å². The number of ether oxygens (including phenoxy) is 2. The number of benzene rings is 2. The van der Waals surface area contributed by atoms with Gasteiger partial charge >= 0.3 is 0 Å². The summed E-state index contributed by atoms with van der Waals surface area (Å²) >= 11 is 3.38. The van der Waals surface area contributed by atoms with Crippen molar-refractivity contribution in [3.63, 3.8) is 0 Å². The lowest BCUT2D eigenvalue weighted by atomic mass is 10.1. The van der Waals surface area contributed by atoms with Crippen molar-refractivity contribution in [3.8, 4) is 17.6 Å². The number of rotatable bonds is 6. The van der Waals surface area contributed by atoms with Crippen molar-refractivity contribution in [1.82, 2.24) is 5.32 Å². The molecule has 0 aromatic heterocycles. The number of nitrogens with zero attached hydrogens (tertiary/aromatic N) is 1. The number of halogens is 1. The Labute approximate surface area is 155 Å². The van der Waals surface area contributed by atoms with Gasteiger partial charge in [0, 0.05) is 6.54 Å². The van der Waals surface area contributed by atoms with Crippen molar-refractivity contribution < 1.29 is 14.3 Å². The Kier molecular flexibility index (Phi) is 6.61. The van der Waals surface area contributed by atoms with Crippen LogP contribution in [0.4, 0.5) is 0 Å². The van der Waals surface area contributed by atoms with Crippen LogP contribution in [0, 0.1) is 11.3 Å². The Morgan fingerprint density at radius 2 is 1.92 bits per heavy atom. The van der Waals surface area contributed by atoms with Crippen molar-refractivity contribution >= 4 is 27.9 Å². The van der Waals surface area contributed by atoms with Crippen LogP contribution in [-0.4, -0.2) is 20.1 Å². The first-order chi connectivity index (χ1) is 12.1. The molecule has 0 heterocycles. The summed E-state index contributed by atoms with van der Waals surface area (Å²) in [6.07, 6.45) is 1.54. The summed E-state index contributed by atoms with van der Waals surface area (Å²) in [4.78, 5) is 12.2. The molecule has 0 bridgehead atoms. The van der Waals surface area contributed by atoms with Crippen LogP contribution >= 0.6 is 15.9 Å². The lowest BCUT2D eigenvalue weighted by Crippen LogP contribution is -2.23. The Hall–Kier alpha value is -2.78. The van der Waals surface area contributed by atoms with E-state index in [0.29, 0.717) is 12.3 Å². The van der Waals surface area contributed by atoms with Crippen LogP contribution in [0.15, 0.2) is 52.5 Å². The monoisotopic (exact) mass is 400 g/mol. The molecule has 1 amide bonds. The van der Waals surface area contributed by atoms with Gasteiger partial charge in [0.25, 0.3) is 5.91 Å². The second kappa shape index (κ2) is 8.90. The van der Waals surface area contributed by atoms with Crippen LogP contribution < -0.4 is 14.8 Å². The van der Waals surface area contributed by atoms with Crippen molar-refractivity contribution in [2.45, 2.75) is 6.54 Å². The maximum Gasteiger partial charge on any atom is 0.262 e. The van der Waals surface area contributed by atoms with Gasteiger partial charge in [-0.25, -0.2) is 0 Å². The molecule has 6 heteroatoms. The molecule has 0 aliphatic carbocycles. The van der Waals surface area contributed by atoms with Gasteiger partial charge in [0.05, 0.1) is 18.7 Å². The van der Waals surface area contributed by atoms with Gasteiger partial charge in [-0.2, -0.15) is 5.26 Å². The summed E-state index contributed by atoms with van der Waals surface area (Å²) in [6.45, 7) is 0.328. The zero-order valence-electron chi connectivity index (χ0n) is 13.9. The molecular weight excluding hydrogens is 384 g/mol. The van der Waals surface area contributed by atoms with E-state index in [1.807, 2.05) is 30.3 Å². The largest absolute Gasteiger partial charge is 0.497 e. The Morgan fingerprint density at radius 3 is 2.48 bits per heavy atom. The maximum atomic E-state index is 12.2. The molecule has 2 aromatic carbocycles. The van der Waals surface area contributed by atoms with Gasteiger partial charge in [-0.3, -0.25) is 4.79 Å². The van der Waals surface area contributed by atoms with E-state index in [2.05, 4.69) is 21.2 Å². The number of carbonyl (C=O) groups is 1. The third kappa shape index (κ3) is 5.10. The van der Waals surface area contributed by atoms with E-state index in [0.717, 1.165) is 21.3 Å². The summed E-state index contributed by atoms with van der Waals surface area (Å²) in [5, 5.41) is 12.0. The highest BCUT2D eigenvalue weighted by Gasteiger charge is 2.09. The highest BCUT2D eigenvalue weighted by molar-refractivity contribution is 9.10. The van der Waals surface area contributed by atoms with Crippen molar-refractivity contribution in [2.75, 3.05) is 14.2 Å². The molecular formula is C19H17BrN2O3. The summed E-state index contributed by atoms with van der Waals surface area (Å²) in [6, 6.07) is 14.6. The third-order valence-electron chi connectivity index (χ3n) is 3.46. The highest BCUT2D eigenvalue weighted by Crippen LogP contribution is 2.26. The summed E-state index contributed by atoms with van der Waals surface area (Å²) in [7, 11) is 3.17. The van der Waals surface area contributed by atoms with Crippen molar-refractivity contribution in [1.29, 1.82) is 5.26 Å². The normalized spacial score (nSPS) is 10.7. The quantitative estimate of drug-likeness (QED) is 0.592. The predicted octanol–water partition coefficient (Wildman–Crippen LogP) is 3.69. The molecule has 0 atom stereocenters. The highest BCUT2D eigenvalue weighted by atomic mass is 79.9. The zero-order valence-corrected chi connectivity index (χ0v) is 15.5. The van der Waals surface area contributed by atoms with Gasteiger partial charge in [-0.15, -0.1) is 0 Å². The van der Waals surface area contributed by atoms with E-state index < -0.39 is 5.91 Å². The average Bonchev–Trinajstić information content (AvgIpc) is 2.64. The molecule has 0 aliphatic heterocycles. The summed E-state index contributed by atoms with van der Waals surface area (Å²) in [5.74, 6) is 1.00. The first-order valence-corrected chi connectivity index (χ1v) is 8.23. The first-order valence-electron chi connectivity index (χ1n) is 7.44. The molecule has 2 aromatic rings. The molecule has 0 radical (unpaired) electrons. The van der Waals surface area contributed by atoms with Crippen LogP contribution in [0.2, 0.25) is 0 Å². The lowest BCUT2D eigenvalue weighted by molar-refractivity contribution is -0.117. The van der Waals surface area contributed by atoms with Gasteiger partial charge in [0.2, 0.25) is 0 Å². The molecule has 0 spiro atoms. The number of hydrogen-bond acceptors (Lipinski definition) is 4. The molecule has 0 unspecified atom stereocenters. The number of amides is 1. The van der Waals surface area contributed by atoms with E-state index in [1.165, 1.54) is 6.08 Å². The first kappa shape index (κ1) is 18.6. The van der Waals surface area contributed by atoms with Gasteiger partial charge in [0.1, 0.15) is 23.1 Å². The number of nitrogens with one attached hydrogen (secondary N) is 1. The standard InChI is InChI=1S/C19H17BrN2O3/c1-24-16-6-3-13(4-7-16)12-22-19(23)15(11-21)9-14-5-8-18(25-2)17(20)10-14/h3-10H,12H2,1-2H3,(H,22,23)/b15-9-. The maximum absolute atomic E-state index is 12.2. The molecule has 2 rings (SSSR count). The molecule has 1 N–H and O–H groups in total. The molecule has 0 saturated carbocycles. The zero-order chi connectivity index (χ0) is 18.2. The van der Waals surface area contributed by atoms with Crippen LogP contribution in [0.25, 0.3) is 6.08 Å². The average molecular weight is 401 g/mol. The van der Waals surface area contributed by atoms with Crippen LogP contribution in [0.1, 0.15) is 11.1 Å². The van der Waals surface area contributed by atoms with Gasteiger partial charge in [0.15, 0.2) is 0 Å². The second-order valence-electron chi connectivity index (χ2n) is 5.09. The van der Waals surface area contributed by atoms with Gasteiger partial charge < -0.3 is 14.8 Å². The molecule has 128 valence electrons. The lowest BCUT2D eigenvalue weighted by Gasteiger charge is -2.06. The molecule has 25 heavy (non-hydrogen) atoms.